The van der Waals surface area contributed by atoms with Crippen LogP contribution in [-0.2, 0) is 11.2 Å². The van der Waals surface area contributed by atoms with E-state index in [1.54, 1.807) is 4.52 Å². The summed E-state index contributed by atoms with van der Waals surface area (Å²) in [5.74, 6) is 0.993. The summed E-state index contributed by atoms with van der Waals surface area (Å²) in [7, 11) is 2.18. The molecule has 4 rings (SSSR count). The van der Waals surface area contributed by atoms with Crippen molar-refractivity contribution in [2.45, 2.75) is 32.7 Å². The number of amides is 1. The van der Waals surface area contributed by atoms with E-state index in [0.29, 0.717) is 24.2 Å². The molecule has 1 unspecified atom stereocenters. The lowest BCUT2D eigenvalue weighted by molar-refractivity contribution is -0.120. The molecule has 0 saturated carbocycles. The van der Waals surface area contributed by atoms with E-state index >= 15 is 0 Å². The lowest BCUT2D eigenvalue weighted by Crippen LogP contribution is -2.47. The van der Waals surface area contributed by atoms with Gasteiger partial charge < -0.3 is 10.2 Å². The summed E-state index contributed by atoms with van der Waals surface area (Å²) < 4.78 is 1.69. The summed E-state index contributed by atoms with van der Waals surface area (Å²) in [6.07, 6.45) is 1.08. The molecular formula is C23H31N7O. The highest BCUT2D eigenvalue weighted by molar-refractivity contribution is 5.77. The number of rotatable bonds is 7. The lowest BCUT2D eigenvalue weighted by atomic mass is 10.0. The number of aryl methyl sites for hydroxylation is 2. The SMILES string of the molecule is Cc1cc(C)n2nc(CC(=O)NCCCN3CCN(C)CC3c3ccccc3)nc2n1. The Labute approximate surface area is 183 Å². The molecule has 0 bridgehead atoms. The van der Waals surface area contributed by atoms with Crippen molar-refractivity contribution in [3.8, 4) is 0 Å². The third kappa shape index (κ3) is 5.26. The van der Waals surface area contributed by atoms with Crippen molar-refractivity contribution in [1.82, 2.24) is 34.7 Å². The van der Waals surface area contributed by atoms with Crippen molar-refractivity contribution >= 4 is 11.7 Å². The van der Waals surface area contributed by atoms with Gasteiger partial charge in [0.25, 0.3) is 5.78 Å². The fourth-order valence-corrected chi connectivity index (χ4v) is 4.21. The maximum absolute atomic E-state index is 12.4. The van der Waals surface area contributed by atoms with Gasteiger partial charge in [0, 0.05) is 50.2 Å². The van der Waals surface area contributed by atoms with Crippen molar-refractivity contribution in [3.05, 3.63) is 59.2 Å². The molecule has 1 amide bonds. The smallest absolute Gasteiger partial charge is 0.252 e. The van der Waals surface area contributed by atoms with Crippen LogP contribution >= 0.6 is 0 Å². The van der Waals surface area contributed by atoms with Crippen LogP contribution < -0.4 is 5.32 Å². The Kier molecular flexibility index (Phi) is 6.58. The molecule has 3 heterocycles. The van der Waals surface area contributed by atoms with Gasteiger partial charge >= 0.3 is 0 Å². The van der Waals surface area contributed by atoms with Crippen molar-refractivity contribution in [2.75, 3.05) is 39.8 Å². The number of likely N-dealkylation sites (N-methyl/N-ethyl adjacent to an activating group) is 1. The number of hydrogen-bond acceptors (Lipinski definition) is 6. The summed E-state index contributed by atoms with van der Waals surface area (Å²) in [6.45, 7) is 8.64. The minimum Gasteiger partial charge on any atom is -0.356 e. The van der Waals surface area contributed by atoms with Crippen LogP contribution in [0.2, 0.25) is 0 Å². The Hall–Kier alpha value is -2.84. The van der Waals surface area contributed by atoms with Crippen molar-refractivity contribution in [2.24, 2.45) is 0 Å². The zero-order valence-corrected chi connectivity index (χ0v) is 18.6. The number of benzene rings is 1. The predicted molar refractivity (Wildman–Crippen MR) is 120 cm³/mol. The van der Waals surface area contributed by atoms with E-state index < -0.39 is 0 Å². The highest BCUT2D eigenvalue weighted by Crippen LogP contribution is 2.24. The van der Waals surface area contributed by atoms with Crippen LogP contribution in [0.15, 0.2) is 36.4 Å². The molecular weight excluding hydrogens is 390 g/mol. The number of piperazine rings is 1. The van der Waals surface area contributed by atoms with E-state index in [4.69, 9.17) is 0 Å². The fraction of sp³-hybridized carbons (Fsp3) is 0.478. The summed E-state index contributed by atoms with van der Waals surface area (Å²) in [5, 5.41) is 7.43. The van der Waals surface area contributed by atoms with Crippen LogP contribution in [0.25, 0.3) is 5.78 Å². The van der Waals surface area contributed by atoms with E-state index in [1.165, 1.54) is 5.56 Å². The Morgan fingerprint density at radius 1 is 1.16 bits per heavy atom. The third-order valence-electron chi connectivity index (χ3n) is 5.80. The number of fused-ring (bicyclic) bond motifs is 1. The van der Waals surface area contributed by atoms with E-state index in [-0.39, 0.29) is 12.3 Å². The van der Waals surface area contributed by atoms with Gasteiger partial charge in [0.2, 0.25) is 5.91 Å². The van der Waals surface area contributed by atoms with Crippen molar-refractivity contribution in [3.63, 3.8) is 0 Å². The van der Waals surface area contributed by atoms with Gasteiger partial charge in [-0.2, -0.15) is 4.98 Å². The van der Waals surface area contributed by atoms with E-state index in [9.17, 15) is 4.79 Å². The highest BCUT2D eigenvalue weighted by atomic mass is 16.1. The number of nitrogens with one attached hydrogen (secondary N) is 1. The molecule has 3 aromatic rings. The molecule has 1 aliphatic heterocycles. The second-order valence-corrected chi connectivity index (χ2v) is 8.38. The molecule has 1 N–H and O–H groups in total. The molecule has 0 radical (unpaired) electrons. The molecule has 0 spiro atoms. The number of carbonyl (C=O) groups is 1. The van der Waals surface area contributed by atoms with Gasteiger partial charge in [-0.3, -0.25) is 9.69 Å². The molecule has 1 aromatic carbocycles. The number of hydrogen-bond donors (Lipinski definition) is 1. The van der Waals surface area contributed by atoms with Crippen molar-refractivity contribution < 1.29 is 4.79 Å². The Morgan fingerprint density at radius 3 is 2.77 bits per heavy atom. The Bertz CT molecular complexity index is 1030. The molecule has 2 aromatic heterocycles. The molecule has 1 atom stereocenters. The first kappa shape index (κ1) is 21.4. The zero-order valence-electron chi connectivity index (χ0n) is 18.6. The maximum Gasteiger partial charge on any atom is 0.252 e. The number of carbonyl (C=O) groups excluding carboxylic acids is 1. The molecule has 0 aliphatic carbocycles. The van der Waals surface area contributed by atoms with Crippen LogP contribution in [0.1, 0.15) is 35.2 Å². The lowest BCUT2D eigenvalue weighted by Gasteiger charge is -2.40. The summed E-state index contributed by atoms with van der Waals surface area (Å²) in [5.41, 5.74) is 3.21. The van der Waals surface area contributed by atoms with Gasteiger partial charge in [-0.05, 0) is 38.9 Å². The standard InChI is InChI=1S/C23H31N7O/c1-17-14-18(2)30-23(25-17)26-21(27-30)15-22(31)24-10-7-11-29-13-12-28(3)16-20(29)19-8-5-4-6-9-19/h4-6,8-9,14,20H,7,10-13,15-16H2,1-3H3,(H,24,31). The number of nitrogens with zero attached hydrogens (tertiary/aromatic N) is 6. The second-order valence-electron chi connectivity index (χ2n) is 8.38. The molecule has 8 heteroatoms. The molecule has 1 saturated heterocycles. The molecule has 164 valence electrons. The highest BCUT2D eigenvalue weighted by Gasteiger charge is 2.26. The first-order valence-corrected chi connectivity index (χ1v) is 10.9. The van der Waals surface area contributed by atoms with Crippen LogP contribution in [0.4, 0.5) is 0 Å². The maximum atomic E-state index is 12.4. The molecule has 1 aliphatic rings. The van der Waals surface area contributed by atoms with Crippen molar-refractivity contribution in [1.29, 1.82) is 0 Å². The minimum atomic E-state index is -0.0525. The van der Waals surface area contributed by atoms with Crippen LogP contribution in [-0.4, -0.2) is 75.1 Å². The van der Waals surface area contributed by atoms with Crippen LogP contribution in [0.3, 0.4) is 0 Å². The summed E-state index contributed by atoms with van der Waals surface area (Å²) in [6, 6.07) is 13.0. The van der Waals surface area contributed by atoms with Gasteiger partial charge in [0.05, 0.1) is 6.42 Å². The van der Waals surface area contributed by atoms with Crippen LogP contribution in [0, 0.1) is 13.8 Å². The summed E-state index contributed by atoms with van der Waals surface area (Å²) >= 11 is 0. The number of aromatic nitrogens is 4. The third-order valence-corrected chi connectivity index (χ3v) is 5.80. The van der Waals surface area contributed by atoms with E-state index in [2.05, 4.69) is 67.6 Å². The van der Waals surface area contributed by atoms with Gasteiger partial charge in [0.15, 0.2) is 5.82 Å². The van der Waals surface area contributed by atoms with Gasteiger partial charge in [0.1, 0.15) is 0 Å². The van der Waals surface area contributed by atoms with Crippen LogP contribution in [0.5, 0.6) is 0 Å². The molecule has 31 heavy (non-hydrogen) atoms. The minimum absolute atomic E-state index is 0.0525. The molecule has 1 fully saturated rings. The van der Waals surface area contributed by atoms with Gasteiger partial charge in [-0.25, -0.2) is 9.50 Å². The zero-order chi connectivity index (χ0) is 21.8. The van der Waals surface area contributed by atoms with Gasteiger partial charge in [-0.15, -0.1) is 5.10 Å². The summed E-state index contributed by atoms with van der Waals surface area (Å²) in [4.78, 5) is 26.1. The average Bonchev–Trinajstić information content (AvgIpc) is 3.15. The Morgan fingerprint density at radius 2 is 1.97 bits per heavy atom. The Balaban J connectivity index is 1.27. The van der Waals surface area contributed by atoms with Gasteiger partial charge in [-0.1, -0.05) is 30.3 Å². The first-order chi connectivity index (χ1) is 15.0. The average molecular weight is 422 g/mol. The monoisotopic (exact) mass is 421 g/mol. The van der Waals surface area contributed by atoms with E-state index in [0.717, 1.165) is 44.0 Å². The molecule has 8 nitrogen and oxygen atoms in total. The second kappa shape index (κ2) is 9.53. The largest absolute Gasteiger partial charge is 0.356 e. The first-order valence-electron chi connectivity index (χ1n) is 10.9. The normalized spacial score (nSPS) is 17.8. The fourth-order valence-electron chi connectivity index (χ4n) is 4.21. The van der Waals surface area contributed by atoms with E-state index in [1.807, 2.05) is 19.9 Å². The predicted octanol–water partition coefficient (Wildman–Crippen LogP) is 1.78. The quantitative estimate of drug-likeness (QED) is 0.586. The topological polar surface area (TPSA) is 78.7 Å².